The van der Waals surface area contributed by atoms with E-state index in [9.17, 15) is 19.6 Å². The lowest BCUT2D eigenvalue weighted by Gasteiger charge is -2.44. The molecule has 7 atom stereocenters. The third-order valence-corrected chi connectivity index (χ3v) is 14.0. The maximum Gasteiger partial charge on any atom is 0.302 e. The van der Waals surface area contributed by atoms with Crippen LogP contribution in [0.1, 0.15) is 91.3 Å². The first-order valence-electron chi connectivity index (χ1n) is 24.8. The lowest BCUT2D eigenvalue weighted by atomic mass is 9.79. The number of ketones is 1. The zero-order valence-electron chi connectivity index (χ0n) is 43.9. The molecule has 1 saturated heterocycles. The van der Waals surface area contributed by atoms with Gasteiger partial charge in [-0.2, -0.15) is 5.26 Å². The van der Waals surface area contributed by atoms with E-state index in [2.05, 4.69) is 43.8 Å². The van der Waals surface area contributed by atoms with Gasteiger partial charge in [-0.3, -0.25) is 14.4 Å². The topological polar surface area (TPSA) is 192 Å². The van der Waals surface area contributed by atoms with Gasteiger partial charge in [0, 0.05) is 44.2 Å². The number of carbonyl (C=O) groups excluding carboxylic acids is 3. The molecule has 3 aromatic carbocycles. The van der Waals surface area contributed by atoms with Crippen LogP contribution in [0.2, 0.25) is 0 Å². The number of esters is 1. The predicted octanol–water partition coefficient (Wildman–Crippen LogP) is 8.15. The molecule has 4 rings (SSSR count). The van der Waals surface area contributed by atoms with E-state index in [1.54, 1.807) is 14.2 Å². The van der Waals surface area contributed by atoms with Crippen LogP contribution in [0.15, 0.2) is 78.9 Å². The summed E-state index contributed by atoms with van der Waals surface area (Å²) in [5, 5.41) is 12.2. The van der Waals surface area contributed by atoms with Gasteiger partial charge in [0.05, 0.1) is 92.3 Å². The fourth-order valence-electron chi connectivity index (χ4n) is 8.64. The first-order valence-corrected chi connectivity index (χ1v) is 26.0. The molecule has 0 aromatic heterocycles. The summed E-state index contributed by atoms with van der Waals surface area (Å²) >= 11 is 0. The molecule has 2 unspecified atom stereocenters. The number of hydrogen-bond acceptors (Lipinski definition) is 16. The van der Waals surface area contributed by atoms with Crippen molar-refractivity contribution in [2.45, 2.75) is 117 Å². The van der Waals surface area contributed by atoms with E-state index in [0.29, 0.717) is 17.9 Å². The monoisotopic (exact) mass is 1020 g/mol. The first kappa shape index (κ1) is 60.0. The van der Waals surface area contributed by atoms with Crippen molar-refractivity contribution in [2.75, 3.05) is 80.3 Å². The molecule has 0 spiro atoms. The van der Waals surface area contributed by atoms with Gasteiger partial charge in [0.25, 0.3) is 8.53 Å². The van der Waals surface area contributed by atoms with Crippen molar-refractivity contribution in [3.63, 3.8) is 0 Å². The van der Waals surface area contributed by atoms with Gasteiger partial charge in [-0.25, -0.2) is 4.67 Å². The van der Waals surface area contributed by atoms with E-state index < -0.39 is 44.5 Å². The number of rotatable bonds is 34. The second kappa shape index (κ2) is 31.9. The summed E-state index contributed by atoms with van der Waals surface area (Å²) in [7, 11) is 1.64. The standard InChI is InChI=1S/C54H78N3O14P/c1-11-50-40(6)52(70-42(8)59)51(56-41(7)58)53(71-50)66-33-32-64-29-28-63-30-31-65-37-47(60)34-43(36-69-72(68-27-15-26-55)57(38(2)3)39(4)5)35-67-54(44-16-13-12-14-17-44,45-18-22-48(61-9)23-19-45)46-20-24-49(62-10)25-21-46/h12-14,16-25,38-40,43,50-53H,11,15,27-37H2,1-10H3,(H,56,58)/t40-,43?,50+,51+,52-,53+,72?/m0/s1. The van der Waals surface area contributed by atoms with E-state index in [-0.39, 0.29) is 115 Å². The zero-order valence-corrected chi connectivity index (χ0v) is 44.8. The number of ether oxygens (including phenoxy) is 9. The molecule has 0 aliphatic carbocycles. The largest absolute Gasteiger partial charge is 0.497 e. The molecular formula is C54H78N3O14P. The van der Waals surface area contributed by atoms with Gasteiger partial charge in [0.15, 0.2) is 12.1 Å². The molecule has 1 fully saturated rings. The van der Waals surface area contributed by atoms with Crippen LogP contribution in [-0.4, -0.2) is 139 Å². The van der Waals surface area contributed by atoms with Crippen molar-refractivity contribution in [3.05, 3.63) is 95.6 Å². The van der Waals surface area contributed by atoms with Gasteiger partial charge in [-0.1, -0.05) is 68.4 Å². The second-order valence-electron chi connectivity index (χ2n) is 18.0. The number of hydrogen-bond donors (Lipinski definition) is 1. The van der Waals surface area contributed by atoms with E-state index >= 15 is 0 Å². The Kier molecular flexibility index (Phi) is 26.6. The van der Waals surface area contributed by atoms with Gasteiger partial charge in [0.2, 0.25) is 5.91 Å². The van der Waals surface area contributed by atoms with Crippen LogP contribution < -0.4 is 14.8 Å². The number of carbonyl (C=O) groups is 3. The van der Waals surface area contributed by atoms with Crippen LogP contribution in [0.5, 0.6) is 11.5 Å². The van der Waals surface area contributed by atoms with Gasteiger partial charge < -0.3 is 57.0 Å². The van der Waals surface area contributed by atoms with Crippen LogP contribution >= 0.6 is 8.53 Å². The lowest BCUT2D eigenvalue weighted by molar-refractivity contribution is -0.255. The Balaban J connectivity index is 1.40. The molecule has 1 aliphatic rings. The highest BCUT2D eigenvalue weighted by Crippen LogP contribution is 2.47. The Morgan fingerprint density at radius 2 is 1.32 bits per heavy atom. The average molecular weight is 1020 g/mol. The number of amides is 1. The van der Waals surface area contributed by atoms with Crippen LogP contribution in [0.3, 0.4) is 0 Å². The minimum Gasteiger partial charge on any atom is -0.497 e. The van der Waals surface area contributed by atoms with Gasteiger partial charge in [0.1, 0.15) is 35.9 Å². The Labute approximate surface area is 428 Å². The molecule has 398 valence electrons. The maximum absolute atomic E-state index is 13.8. The Morgan fingerprint density at radius 1 is 0.764 bits per heavy atom. The first-order chi connectivity index (χ1) is 34.7. The number of methoxy groups -OCH3 is 2. The molecule has 1 aliphatic heterocycles. The van der Waals surface area contributed by atoms with E-state index in [4.69, 9.17) is 51.7 Å². The normalized spacial score (nSPS) is 18.9. The minimum absolute atomic E-state index is 0.0791. The molecule has 1 N–H and O–H groups in total. The summed E-state index contributed by atoms with van der Waals surface area (Å²) in [6.45, 7) is 16.6. The van der Waals surface area contributed by atoms with Crippen molar-refractivity contribution in [3.8, 4) is 17.6 Å². The third-order valence-electron chi connectivity index (χ3n) is 12.0. The maximum atomic E-state index is 13.8. The molecule has 3 aromatic rings. The Bertz CT molecular complexity index is 2020. The second-order valence-corrected chi connectivity index (χ2v) is 19.5. The molecule has 0 saturated carbocycles. The summed E-state index contributed by atoms with van der Waals surface area (Å²) < 4.78 is 68.4. The highest BCUT2D eigenvalue weighted by Gasteiger charge is 2.46. The lowest BCUT2D eigenvalue weighted by Crippen LogP contribution is -2.62. The molecule has 1 heterocycles. The number of nitriles is 1. The van der Waals surface area contributed by atoms with Crippen LogP contribution in [-0.2, 0) is 62.2 Å². The summed E-state index contributed by atoms with van der Waals surface area (Å²) in [6, 6.07) is 27.1. The van der Waals surface area contributed by atoms with E-state index in [0.717, 1.165) is 16.7 Å². The summed E-state index contributed by atoms with van der Waals surface area (Å²) in [5.74, 6) is -0.0945. The van der Waals surface area contributed by atoms with Crippen LogP contribution in [0.4, 0.5) is 0 Å². The van der Waals surface area contributed by atoms with Crippen molar-refractivity contribution in [2.24, 2.45) is 11.8 Å². The van der Waals surface area contributed by atoms with Crippen LogP contribution in [0.25, 0.3) is 0 Å². The number of benzene rings is 3. The average Bonchev–Trinajstić information content (AvgIpc) is 3.36. The predicted molar refractivity (Wildman–Crippen MR) is 272 cm³/mol. The van der Waals surface area contributed by atoms with Gasteiger partial charge in [-0.15, -0.1) is 0 Å². The van der Waals surface area contributed by atoms with Crippen molar-refractivity contribution < 1.29 is 66.1 Å². The Morgan fingerprint density at radius 3 is 1.83 bits per heavy atom. The summed E-state index contributed by atoms with van der Waals surface area (Å²) in [6.07, 6.45) is -0.705. The third kappa shape index (κ3) is 18.4. The fourth-order valence-corrected chi connectivity index (χ4v) is 10.3. The van der Waals surface area contributed by atoms with Gasteiger partial charge in [-0.05, 0) is 75.1 Å². The highest BCUT2D eigenvalue weighted by atomic mass is 31.2. The minimum atomic E-state index is -1.61. The fraction of sp³-hybridized carbons (Fsp3) is 0.593. The number of nitrogens with zero attached hydrogens (tertiary/aromatic N) is 2. The molecule has 18 heteroatoms. The van der Waals surface area contributed by atoms with Crippen molar-refractivity contribution in [1.82, 2.24) is 9.99 Å². The van der Waals surface area contributed by atoms with E-state index in [1.807, 2.05) is 92.7 Å². The smallest absolute Gasteiger partial charge is 0.302 e. The molecule has 0 bridgehead atoms. The SMILES string of the molecule is CC[C@H]1O[C@@H](OCCOCCOCCOCC(=O)CC(COP(OCCC#N)N(C(C)C)C(C)C)COC(c2ccccc2)(c2ccc(OC)cc2)c2ccc(OC)cc2)[C@H](NC(C)=O)[C@@H](OC(C)=O)[C@H]1C. The quantitative estimate of drug-likeness (QED) is 0.0261. The Hall–Kier alpha value is -4.57. The van der Waals surface area contributed by atoms with Crippen molar-refractivity contribution in [1.29, 1.82) is 5.26 Å². The zero-order chi connectivity index (χ0) is 52.5. The van der Waals surface area contributed by atoms with E-state index in [1.165, 1.54) is 13.8 Å². The summed E-state index contributed by atoms with van der Waals surface area (Å²) in [4.78, 5) is 37.8. The molecule has 0 radical (unpaired) electrons. The van der Waals surface area contributed by atoms with Gasteiger partial charge >= 0.3 is 5.97 Å². The van der Waals surface area contributed by atoms with Crippen molar-refractivity contribution >= 4 is 26.2 Å². The summed E-state index contributed by atoms with van der Waals surface area (Å²) in [5.41, 5.74) is 1.45. The number of nitrogens with one attached hydrogen (secondary N) is 1. The number of Topliss-reactive ketones (excluding diaryl/α,β-unsaturated/α-hetero) is 1. The van der Waals surface area contributed by atoms with Crippen LogP contribution in [0, 0.1) is 23.2 Å². The molecular weight excluding hydrogens is 946 g/mol. The molecule has 17 nitrogen and oxygen atoms in total. The molecule has 1 amide bonds. The molecule has 72 heavy (non-hydrogen) atoms. The highest BCUT2D eigenvalue weighted by molar-refractivity contribution is 7.44.